The summed E-state index contributed by atoms with van der Waals surface area (Å²) >= 11 is 6.47. The number of hydrogen-bond acceptors (Lipinski definition) is 2. The molecular weight excluding hydrogens is 413 g/mol. The highest BCUT2D eigenvalue weighted by Gasteiger charge is 2.18. The van der Waals surface area contributed by atoms with E-state index in [0.717, 1.165) is 4.47 Å². The van der Waals surface area contributed by atoms with Crippen LogP contribution in [-0.2, 0) is 10.0 Å². The molecule has 0 aromatic heterocycles. The average Bonchev–Trinajstić information content (AvgIpc) is 2.33. The molecule has 0 aliphatic heterocycles. The van der Waals surface area contributed by atoms with Crippen LogP contribution in [0.2, 0.25) is 0 Å². The minimum absolute atomic E-state index is 0.114. The Bertz CT molecular complexity index is 763. The Hall–Kier alpha value is -0.920. The van der Waals surface area contributed by atoms with Gasteiger partial charge in [-0.2, -0.15) is 0 Å². The molecule has 0 aliphatic carbocycles. The monoisotopic (exact) mass is 421 g/mol. The van der Waals surface area contributed by atoms with Gasteiger partial charge in [-0.25, -0.2) is 12.8 Å². The van der Waals surface area contributed by atoms with Gasteiger partial charge in [0.05, 0.1) is 0 Å². The van der Waals surface area contributed by atoms with E-state index in [1.165, 1.54) is 24.3 Å². The molecule has 2 aromatic rings. The van der Waals surface area contributed by atoms with E-state index in [4.69, 9.17) is 0 Å². The SMILES string of the molecule is Cc1cc(NS(=O)(=O)c2ccc(Br)cc2Br)ccc1F. The molecule has 106 valence electrons. The van der Waals surface area contributed by atoms with Gasteiger partial charge in [0.1, 0.15) is 10.7 Å². The Labute approximate surface area is 133 Å². The van der Waals surface area contributed by atoms with Gasteiger partial charge in [-0.1, -0.05) is 15.9 Å². The Balaban J connectivity index is 2.38. The first-order valence-electron chi connectivity index (χ1n) is 5.53. The quantitative estimate of drug-likeness (QED) is 0.793. The highest BCUT2D eigenvalue weighted by molar-refractivity contribution is 9.11. The molecule has 3 nitrogen and oxygen atoms in total. The molecule has 0 spiro atoms. The van der Waals surface area contributed by atoms with Gasteiger partial charge >= 0.3 is 0 Å². The molecular formula is C13H10Br2FNO2S. The third-order valence-electron chi connectivity index (χ3n) is 2.59. The molecule has 0 atom stereocenters. The second-order valence-electron chi connectivity index (χ2n) is 4.14. The first-order chi connectivity index (χ1) is 9.29. The summed E-state index contributed by atoms with van der Waals surface area (Å²) in [5.74, 6) is -0.377. The van der Waals surface area contributed by atoms with E-state index in [1.807, 2.05) is 0 Å². The van der Waals surface area contributed by atoms with Gasteiger partial charge in [0.15, 0.2) is 0 Å². The predicted molar refractivity (Wildman–Crippen MR) is 83.8 cm³/mol. The molecule has 0 fully saturated rings. The van der Waals surface area contributed by atoms with E-state index in [9.17, 15) is 12.8 Å². The van der Waals surface area contributed by atoms with Crippen molar-refractivity contribution >= 4 is 47.6 Å². The highest BCUT2D eigenvalue weighted by atomic mass is 79.9. The lowest BCUT2D eigenvalue weighted by Gasteiger charge is -2.10. The number of hydrogen-bond donors (Lipinski definition) is 1. The molecule has 0 aliphatic rings. The molecule has 0 unspecified atom stereocenters. The third-order valence-corrected chi connectivity index (χ3v) is 5.44. The van der Waals surface area contributed by atoms with Crippen LogP contribution in [0.3, 0.4) is 0 Å². The number of benzene rings is 2. The minimum atomic E-state index is -3.73. The van der Waals surface area contributed by atoms with Crippen LogP contribution in [0, 0.1) is 12.7 Å². The van der Waals surface area contributed by atoms with Crippen LogP contribution in [0.1, 0.15) is 5.56 Å². The van der Waals surface area contributed by atoms with Gasteiger partial charge in [0.25, 0.3) is 10.0 Å². The van der Waals surface area contributed by atoms with Crippen molar-refractivity contribution in [3.05, 3.63) is 56.7 Å². The van der Waals surface area contributed by atoms with Crippen molar-refractivity contribution in [2.75, 3.05) is 4.72 Å². The normalized spacial score (nSPS) is 11.4. The number of halogens is 3. The Morgan fingerprint density at radius 3 is 2.40 bits per heavy atom. The fraction of sp³-hybridized carbons (Fsp3) is 0.0769. The van der Waals surface area contributed by atoms with Gasteiger partial charge in [-0.15, -0.1) is 0 Å². The van der Waals surface area contributed by atoms with Crippen molar-refractivity contribution in [2.24, 2.45) is 0 Å². The summed E-state index contributed by atoms with van der Waals surface area (Å²) in [4.78, 5) is 0.114. The van der Waals surface area contributed by atoms with E-state index in [0.29, 0.717) is 15.7 Å². The van der Waals surface area contributed by atoms with Crippen LogP contribution in [0.4, 0.5) is 10.1 Å². The Kier molecular flexibility index (Phi) is 4.51. The first-order valence-corrected chi connectivity index (χ1v) is 8.60. The number of sulfonamides is 1. The van der Waals surface area contributed by atoms with Crippen LogP contribution in [0.25, 0.3) is 0 Å². The molecule has 2 aromatic carbocycles. The molecule has 20 heavy (non-hydrogen) atoms. The van der Waals surface area contributed by atoms with Gasteiger partial charge in [-0.3, -0.25) is 4.72 Å². The van der Waals surface area contributed by atoms with Crippen LogP contribution >= 0.6 is 31.9 Å². The molecule has 0 saturated carbocycles. The average molecular weight is 423 g/mol. The topological polar surface area (TPSA) is 46.2 Å². The first kappa shape index (κ1) is 15.5. The summed E-state index contributed by atoms with van der Waals surface area (Å²) in [5, 5.41) is 0. The predicted octanol–water partition coefficient (Wildman–Crippen LogP) is 4.46. The summed E-state index contributed by atoms with van der Waals surface area (Å²) in [6, 6.07) is 8.81. The van der Waals surface area contributed by atoms with Crippen molar-refractivity contribution in [1.82, 2.24) is 0 Å². The van der Waals surface area contributed by atoms with Crippen molar-refractivity contribution in [1.29, 1.82) is 0 Å². The van der Waals surface area contributed by atoms with Crippen LogP contribution in [-0.4, -0.2) is 8.42 Å². The van der Waals surface area contributed by atoms with Crippen LogP contribution in [0.5, 0.6) is 0 Å². The molecule has 7 heteroatoms. The Morgan fingerprint density at radius 1 is 1.10 bits per heavy atom. The van der Waals surface area contributed by atoms with E-state index in [-0.39, 0.29) is 10.7 Å². The second kappa shape index (κ2) is 5.83. The summed E-state index contributed by atoms with van der Waals surface area (Å²) in [6.07, 6.45) is 0. The fourth-order valence-electron chi connectivity index (χ4n) is 1.61. The van der Waals surface area contributed by atoms with Gasteiger partial charge < -0.3 is 0 Å². The number of anilines is 1. The fourth-order valence-corrected chi connectivity index (χ4v) is 4.41. The van der Waals surface area contributed by atoms with E-state index in [1.54, 1.807) is 19.1 Å². The van der Waals surface area contributed by atoms with Crippen LogP contribution < -0.4 is 4.72 Å². The molecule has 0 radical (unpaired) electrons. The molecule has 0 bridgehead atoms. The van der Waals surface area contributed by atoms with Crippen molar-refractivity contribution in [2.45, 2.75) is 11.8 Å². The summed E-state index contributed by atoms with van der Waals surface area (Å²) in [6.45, 7) is 1.57. The zero-order valence-electron chi connectivity index (χ0n) is 10.3. The van der Waals surface area contributed by atoms with Gasteiger partial charge in [0.2, 0.25) is 0 Å². The number of aryl methyl sites for hydroxylation is 1. The van der Waals surface area contributed by atoms with Crippen molar-refractivity contribution in [3.8, 4) is 0 Å². The maximum absolute atomic E-state index is 13.2. The van der Waals surface area contributed by atoms with Crippen molar-refractivity contribution in [3.63, 3.8) is 0 Å². The van der Waals surface area contributed by atoms with Crippen molar-refractivity contribution < 1.29 is 12.8 Å². The standard InChI is InChI=1S/C13H10Br2FNO2S/c1-8-6-10(3-4-12(8)16)17-20(18,19)13-5-2-9(14)7-11(13)15/h2-7,17H,1H3. The lowest BCUT2D eigenvalue weighted by atomic mass is 10.2. The minimum Gasteiger partial charge on any atom is -0.280 e. The summed E-state index contributed by atoms with van der Waals surface area (Å²) in [7, 11) is -3.73. The van der Waals surface area contributed by atoms with E-state index >= 15 is 0 Å². The number of nitrogens with one attached hydrogen (secondary N) is 1. The molecule has 2 rings (SSSR count). The smallest absolute Gasteiger partial charge is 0.263 e. The summed E-state index contributed by atoms with van der Waals surface area (Å²) in [5.41, 5.74) is 0.693. The molecule has 1 N–H and O–H groups in total. The van der Waals surface area contributed by atoms with Gasteiger partial charge in [0, 0.05) is 14.6 Å². The molecule has 0 amide bonds. The zero-order chi connectivity index (χ0) is 14.9. The van der Waals surface area contributed by atoms with E-state index in [2.05, 4.69) is 36.6 Å². The Morgan fingerprint density at radius 2 is 1.80 bits per heavy atom. The molecule has 0 saturated heterocycles. The highest BCUT2D eigenvalue weighted by Crippen LogP contribution is 2.27. The third kappa shape index (κ3) is 3.39. The lowest BCUT2D eigenvalue weighted by molar-refractivity contribution is 0.600. The lowest BCUT2D eigenvalue weighted by Crippen LogP contribution is -2.13. The van der Waals surface area contributed by atoms with Crippen LogP contribution in [0.15, 0.2) is 50.2 Å². The van der Waals surface area contributed by atoms with Gasteiger partial charge in [-0.05, 0) is 64.8 Å². The second-order valence-corrected chi connectivity index (χ2v) is 7.57. The maximum Gasteiger partial charge on any atom is 0.263 e. The number of rotatable bonds is 3. The maximum atomic E-state index is 13.2. The molecule has 0 heterocycles. The zero-order valence-corrected chi connectivity index (χ0v) is 14.3. The summed E-state index contributed by atoms with van der Waals surface area (Å²) < 4.78 is 41.4. The largest absolute Gasteiger partial charge is 0.280 e. The van der Waals surface area contributed by atoms with E-state index < -0.39 is 10.0 Å².